The summed E-state index contributed by atoms with van der Waals surface area (Å²) in [7, 11) is 2.07. The van der Waals surface area contributed by atoms with Crippen LogP contribution >= 0.6 is 0 Å². The van der Waals surface area contributed by atoms with Gasteiger partial charge in [0.1, 0.15) is 0 Å². The maximum absolute atomic E-state index is 11.3. The molecule has 1 fully saturated rings. The SMILES string of the molecule is CC(=O)[C-](N=[C-]C1CCCN1C)[C-](C)C.[V+2].[Yb]. The summed E-state index contributed by atoms with van der Waals surface area (Å²) in [6.07, 6.45) is 5.35. The number of carbonyl (C=O) groups excluding carboxylic acids is 1. The minimum atomic E-state index is 0. The van der Waals surface area contributed by atoms with Gasteiger partial charge in [0.2, 0.25) is 0 Å². The van der Waals surface area contributed by atoms with Crippen molar-refractivity contribution in [3.63, 3.8) is 0 Å². The van der Waals surface area contributed by atoms with Crippen molar-refractivity contribution in [2.24, 2.45) is 4.99 Å². The number of aliphatic imine (C=N–C) groups is 1. The number of likely N-dealkylation sites (tertiary alicyclic amines) is 1. The van der Waals surface area contributed by atoms with Crippen molar-refractivity contribution in [2.75, 3.05) is 13.6 Å². The van der Waals surface area contributed by atoms with E-state index in [1.165, 1.54) is 6.42 Å². The van der Waals surface area contributed by atoms with E-state index < -0.39 is 0 Å². The molecule has 1 rings (SSSR count). The molecule has 103 valence electrons. The van der Waals surface area contributed by atoms with Crippen molar-refractivity contribution in [1.29, 1.82) is 0 Å². The van der Waals surface area contributed by atoms with Gasteiger partial charge in [0, 0.05) is 46.9 Å². The summed E-state index contributed by atoms with van der Waals surface area (Å²) in [5.74, 6) is 0.971. The van der Waals surface area contributed by atoms with Crippen LogP contribution in [0.25, 0.3) is 0 Å². The van der Waals surface area contributed by atoms with Crippen LogP contribution in [0.2, 0.25) is 0 Å². The minimum Gasteiger partial charge on any atom is -0.678 e. The van der Waals surface area contributed by atoms with Crippen LogP contribution in [0.15, 0.2) is 4.99 Å². The monoisotopic (exact) mass is 432 g/mol. The summed E-state index contributed by atoms with van der Waals surface area (Å²) >= 11 is 0. The van der Waals surface area contributed by atoms with Gasteiger partial charge in [0.05, 0.1) is 0 Å². The van der Waals surface area contributed by atoms with Crippen molar-refractivity contribution in [3.05, 3.63) is 12.0 Å². The number of hydrogen-bond acceptors (Lipinski definition) is 3. The molecular formula is C12H19N2OVYb-. The van der Waals surface area contributed by atoms with E-state index in [1.807, 2.05) is 13.8 Å². The zero-order valence-corrected chi connectivity index (χ0v) is 13.8. The van der Waals surface area contributed by atoms with E-state index in [1.54, 1.807) is 6.92 Å². The Hall–Kier alpha value is 1.27. The summed E-state index contributed by atoms with van der Waals surface area (Å²) in [5.41, 5.74) is 0. The van der Waals surface area contributed by atoms with Crippen molar-refractivity contribution < 1.29 is 70.3 Å². The third-order valence-corrected chi connectivity index (χ3v) is 2.65. The topological polar surface area (TPSA) is 32.7 Å². The van der Waals surface area contributed by atoms with Gasteiger partial charge in [-0.3, -0.25) is 0 Å². The summed E-state index contributed by atoms with van der Waals surface area (Å²) in [6, 6.07) is 0.828. The Labute approximate surface area is 155 Å². The van der Waals surface area contributed by atoms with Gasteiger partial charge < -0.3 is 32.9 Å². The Morgan fingerprint density at radius 3 is 2.41 bits per heavy atom. The molecule has 1 aliphatic heterocycles. The fourth-order valence-electron chi connectivity index (χ4n) is 1.76. The Kier molecular flexibility index (Phi) is 12.2. The predicted octanol–water partition coefficient (Wildman–Crippen LogP) is 1.76. The maximum atomic E-state index is 11.3. The number of Topliss-reactive ketones (excluding diaryl/α,β-unsaturated/α-hetero) is 1. The van der Waals surface area contributed by atoms with Gasteiger partial charge in [-0.1, -0.05) is 6.42 Å². The van der Waals surface area contributed by atoms with Gasteiger partial charge in [-0.05, 0) is 32.7 Å². The molecule has 0 spiro atoms. The average molecular weight is 431 g/mol. The second kappa shape index (κ2) is 10.1. The minimum absolute atomic E-state index is 0. The van der Waals surface area contributed by atoms with Crippen molar-refractivity contribution >= 4 is 12.0 Å². The van der Waals surface area contributed by atoms with Crippen LogP contribution in [0.1, 0.15) is 33.6 Å². The first-order chi connectivity index (χ1) is 7.02. The van der Waals surface area contributed by atoms with Gasteiger partial charge in [-0.15, -0.1) is 6.04 Å². The van der Waals surface area contributed by atoms with Crippen LogP contribution in [-0.2, 0) is 23.4 Å². The fraction of sp³-hybridized carbons (Fsp3) is 0.667. The molecule has 1 radical (unpaired) electrons. The number of ketones is 1. The first-order valence-electron chi connectivity index (χ1n) is 5.37. The molecule has 1 aliphatic rings. The fourth-order valence-corrected chi connectivity index (χ4v) is 1.76. The second-order valence-corrected chi connectivity index (χ2v) is 4.28. The molecule has 0 saturated carbocycles. The second-order valence-electron chi connectivity index (χ2n) is 4.28. The molecule has 0 aromatic rings. The van der Waals surface area contributed by atoms with Gasteiger partial charge in [-0.2, -0.15) is 0 Å². The summed E-state index contributed by atoms with van der Waals surface area (Å²) < 4.78 is 0. The standard InChI is InChI=1S/C12H19N2O.V.Yb/c1-9(2)12(10(3)15)13-8-11-6-5-7-14(11)4;;/h11H,5-7H2,1-4H3;;/q-3;+2;. The molecule has 1 saturated heterocycles. The molecule has 0 aromatic heterocycles. The molecule has 0 amide bonds. The first kappa shape index (κ1) is 20.6. The van der Waals surface area contributed by atoms with Gasteiger partial charge >= 0.3 is 18.6 Å². The molecule has 1 unspecified atom stereocenters. The predicted molar refractivity (Wildman–Crippen MR) is 61.6 cm³/mol. The van der Waals surface area contributed by atoms with Crippen LogP contribution < -0.4 is 0 Å². The molecule has 1 atom stereocenters. The van der Waals surface area contributed by atoms with Gasteiger partial charge in [0.25, 0.3) is 0 Å². The summed E-state index contributed by atoms with van der Waals surface area (Å²) in [4.78, 5) is 17.7. The number of rotatable bonds is 4. The van der Waals surface area contributed by atoms with Gasteiger partial charge in [0.15, 0.2) is 0 Å². The number of carbonyl (C=O) groups is 1. The molecule has 5 heteroatoms. The largest absolute Gasteiger partial charge is 2.00 e. The molecular weight excluding hydrogens is 412 g/mol. The Balaban J connectivity index is 0. The average Bonchev–Trinajstić information content (AvgIpc) is 2.51. The molecule has 0 bridgehead atoms. The first-order valence-corrected chi connectivity index (χ1v) is 5.37. The normalized spacial score (nSPS) is 20.2. The van der Waals surface area contributed by atoms with E-state index in [0.717, 1.165) is 18.9 Å². The van der Waals surface area contributed by atoms with Crippen LogP contribution in [-0.4, -0.2) is 36.5 Å². The Bertz CT molecular complexity index is 259. The Morgan fingerprint density at radius 2 is 2.06 bits per heavy atom. The van der Waals surface area contributed by atoms with Crippen LogP contribution in [0, 0.1) is 58.9 Å². The van der Waals surface area contributed by atoms with E-state index in [0.29, 0.717) is 6.04 Å². The van der Waals surface area contributed by atoms with E-state index >= 15 is 0 Å². The van der Waals surface area contributed by atoms with Crippen molar-refractivity contribution in [1.82, 2.24) is 4.90 Å². The van der Waals surface area contributed by atoms with Crippen molar-refractivity contribution in [3.8, 4) is 0 Å². The molecule has 0 N–H and O–H groups in total. The molecule has 1 heterocycles. The Morgan fingerprint density at radius 1 is 1.47 bits per heavy atom. The summed E-state index contributed by atoms with van der Waals surface area (Å²) in [5, 5.41) is 0. The molecule has 0 aliphatic carbocycles. The van der Waals surface area contributed by atoms with E-state index in [2.05, 4.69) is 23.2 Å². The van der Waals surface area contributed by atoms with Crippen LogP contribution in [0.3, 0.4) is 0 Å². The smallest absolute Gasteiger partial charge is 0.678 e. The molecule has 3 nitrogen and oxygen atoms in total. The van der Waals surface area contributed by atoms with E-state index in [-0.39, 0.29) is 77.3 Å². The number of hydrogen-bond donors (Lipinski definition) is 0. The van der Waals surface area contributed by atoms with Gasteiger partial charge in [-0.25, -0.2) is 13.8 Å². The van der Waals surface area contributed by atoms with Crippen LogP contribution in [0.4, 0.5) is 0 Å². The van der Waals surface area contributed by atoms with Crippen molar-refractivity contribution in [2.45, 2.75) is 39.7 Å². The quantitative estimate of drug-likeness (QED) is 0.502. The van der Waals surface area contributed by atoms with Crippen LogP contribution in [0.5, 0.6) is 0 Å². The third kappa shape index (κ3) is 6.84. The third-order valence-electron chi connectivity index (χ3n) is 2.65. The number of nitrogens with zero attached hydrogens (tertiary/aromatic N) is 2. The zero-order chi connectivity index (χ0) is 11.4. The zero-order valence-electron chi connectivity index (χ0n) is 10.7. The van der Waals surface area contributed by atoms with E-state index in [4.69, 9.17) is 0 Å². The maximum Gasteiger partial charge on any atom is 2.00 e. The molecule has 17 heavy (non-hydrogen) atoms. The molecule has 0 aromatic carbocycles. The summed E-state index contributed by atoms with van der Waals surface area (Å²) in [6.45, 7) is 6.45. The van der Waals surface area contributed by atoms with E-state index in [9.17, 15) is 4.79 Å².